The molecule has 0 bridgehead atoms. The van der Waals surface area contributed by atoms with Crippen LogP contribution in [-0.4, -0.2) is 11.7 Å². The summed E-state index contributed by atoms with van der Waals surface area (Å²) in [6.07, 6.45) is 7.70. The van der Waals surface area contributed by atoms with E-state index in [0.29, 0.717) is 17.7 Å². The molecule has 0 amide bonds. The topological polar surface area (TPSA) is 29.5 Å². The van der Waals surface area contributed by atoms with Crippen molar-refractivity contribution < 1.29 is 9.84 Å². The smallest absolute Gasteiger partial charge is 0.176 e. The van der Waals surface area contributed by atoms with Crippen molar-refractivity contribution in [3.05, 3.63) is 65.7 Å². The molecule has 0 aliphatic rings. The van der Waals surface area contributed by atoms with Gasteiger partial charge >= 0.3 is 0 Å². The molecule has 0 spiro atoms. The van der Waals surface area contributed by atoms with Gasteiger partial charge in [-0.2, -0.15) is 0 Å². The first-order valence-electron chi connectivity index (χ1n) is 7.19. The molecule has 108 valence electrons. The fourth-order valence-corrected chi connectivity index (χ4v) is 2.14. The molecule has 0 heterocycles. The average molecular weight is 280 g/mol. The Bertz CT molecular complexity index is 596. The van der Waals surface area contributed by atoms with E-state index in [-0.39, 0.29) is 0 Å². The fourth-order valence-electron chi connectivity index (χ4n) is 2.14. The first-order valence-corrected chi connectivity index (χ1v) is 7.19. The third kappa shape index (κ3) is 3.45. The summed E-state index contributed by atoms with van der Waals surface area (Å²) in [4.78, 5) is 0. The lowest BCUT2D eigenvalue weighted by Gasteiger charge is -2.23. The predicted molar refractivity (Wildman–Crippen MR) is 85.1 cm³/mol. The Kier molecular flexibility index (Phi) is 5.03. The highest BCUT2D eigenvalue weighted by molar-refractivity contribution is 5.44. The van der Waals surface area contributed by atoms with Crippen molar-refractivity contribution in [2.24, 2.45) is 0 Å². The quantitative estimate of drug-likeness (QED) is 0.645. The van der Waals surface area contributed by atoms with Gasteiger partial charge in [0.1, 0.15) is 5.75 Å². The van der Waals surface area contributed by atoms with Gasteiger partial charge in [-0.3, -0.25) is 0 Å². The van der Waals surface area contributed by atoms with Crippen LogP contribution in [0.2, 0.25) is 0 Å². The number of unbranched alkanes of at least 4 members (excludes halogenated alkanes) is 1. The van der Waals surface area contributed by atoms with Crippen molar-refractivity contribution in [1.82, 2.24) is 0 Å². The average Bonchev–Trinajstić information content (AvgIpc) is 2.56. The standard InChI is InChI=1S/C19H20O2/c1-3-5-15-21-18-13-11-17(12-14-18)19(20,4-2)16-9-7-6-8-10-16/h2,6-14,20H,3,5,15H2,1H3/t19-/m0/s1. The molecule has 0 unspecified atom stereocenters. The molecule has 21 heavy (non-hydrogen) atoms. The molecular formula is C19H20O2. The number of benzene rings is 2. The Balaban J connectivity index is 2.22. The molecule has 0 saturated carbocycles. The Labute approximate surface area is 126 Å². The number of rotatable bonds is 6. The first-order chi connectivity index (χ1) is 10.2. The van der Waals surface area contributed by atoms with Crippen LogP contribution >= 0.6 is 0 Å². The molecule has 2 aromatic carbocycles. The number of hydrogen-bond acceptors (Lipinski definition) is 2. The van der Waals surface area contributed by atoms with Crippen LogP contribution in [0.4, 0.5) is 0 Å². The van der Waals surface area contributed by atoms with Gasteiger partial charge in [-0.25, -0.2) is 0 Å². The zero-order chi connectivity index (χ0) is 15.1. The van der Waals surface area contributed by atoms with E-state index >= 15 is 0 Å². The molecule has 2 heteroatoms. The highest BCUT2D eigenvalue weighted by Crippen LogP contribution is 2.30. The maximum absolute atomic E-state index is 10.8. The molecule has 0 aromatic heterocycles. The summed E-state index contributed by atoms with van der Waals surface area (Å²) in [7, 11) is 0. The van der Waals surface area contributed by atoms with Crippen molar-refractivity contribution in [1.29, 1.82) is 0 Å². The minimum atomic E-state index is -1.41. The van der Waals surface area contributed by atoms with Crippen molar-refractivity contribution >= 4 is 0 Å². The number of hydrogen-bond donors (Lipinski definition) is 1. The van der Waals surface area contributed by atoms with Gasteiger partial charge in [-0.1, -0.05) is 61.7 Å². The molecule has 2 nitrogen and oxygen atoms in total. The summed E-state index contributed by atoms with van der Waals surface area (Å²) in [5.74, 6) is 3.29. The molecule has 0 aliphatic carbocycles. The lowest BCUT2D eigenvalue weighted by atomic mass is 9.87. The third-order valence-corrected chi connectivity index (χ3v) is 3.44. The zero-order valence-electron chi connectivity index (χ0n) is 12.3. The molecule has 1 N–H and O–H groups in total. The molecule has 2 aromatic rings. The molecule has 0 aliphatic heterocycles. The van der Waals surface area contributed by atoms with Crippen molar-refractivity contribution in [3.8, 4) is 18.1 Å². The third-order valence-electron chi connectivity index (χ3n) is 3.44. The van der Waals surface area contributed by atoms with Gasteiger partial charge in [0, 0.05) is 11.1 Å². The summed E-state index contributed by atoms with van der Waals surface area (Å²) >= 11 is 0. The van der Waals surface area contributed by atoms with Crippen molar-refractivity contribution in [2.45, 2.75) is 25.4 Å². The van der Waals surface area contributed by atoms with Crippen LogP contribution in [-0.2, 0) is 5.60 Å². The molecular weight excluding hydrogens is 260 g/mol. The number of aliphatic hydroxyl groups is 1. The summed E-state index contributed by atoms with van der Waals surface area (Å²) in [5, 5.41) is 10.8. The van der Waals surface area contributed by atoms with Gasteiger partial charge < -0.3 is 9.84 Å². The monoisotopic (exact) mass is 280 g/mol. The van der Waals surface area contributed by atoms with Crippen LogP contribution in [0.25, 0.3) is 0 Å². The summed E-state index contributed by atoms with van der Waals surface area (Å²) in [6.45, 7) is 2.83. The van der Waals surface area contributed by atoms with E-state index in [0.717, 1.165) is 18.6 Å². The summed E-state index contributed by atoms with van der Waals surface area (Å²) in [5.41, 5.74) is -0.0605. The van der Waals surface area contributed by atoms with Crippen LogP contribution in [0.1, 0.15) is 30.9 Å². The first kappa shape index (κ1) is 15.2. The number of terminal acetylenes is 1. The van der Waals surface area contributed by atoms with Crippen molar-refractivity contribution in [3.63, 3.8) is 0 Å². The van der Waals surface area contributed by atoms with Crippen LogP contribution in [0.5, 0.6) is 5.75 Å². The predicted octanol–water partition coefficient (Wildman–Crippen LogP) is 3.73. The molecule has 1 atom stereocenters. The molecule has 0 radical (unpaired) electrons. The summed E-state index contributed by atoms with van der Waals surface area (Å²) in [6, 6.07) is 16.6. The van der Waals surface area contributed by atoms with E-state index < -0.39 is 5.60 Å². The van der Waals surface area contributed by atoms with E-state index in [1.807, 2.05) is 54.6 Å². The zero-order valence-corrected chi connectivity index (χ0v) is 12.3. The second kappa shape index (κ2) is 6.97. The molecule has 0 saturated heterocycles. The molecule has 2 rings (SSSR count). The van der Waals surface area contributed by atoms with E-state index in [4.69, 9.17) is 11.2 Å². The largest absolute Gasteiger partial charge is 0.494 e. The van der Waals surface area contributed by atoms with Crippen LogP contribution in [0.3, 0.4) is 0 Å². The highest BCUT2D eigenvalue weighted by Gasteiger charge is 2.28. The Morgan fingerprint density at radius 1 is 1.05 bits per heavy atom. The maximum Gasteiger partial charge on any atom is 0.176 e. The van der Waals surface area contributed by atoms with Gasteiger partial charge in [0.2, 0.25) is 0 Å². The van der Waals surface area contributed by atoms with E-state index in [2.05, 4.69) is 12.8 Å². The van der Waals surface area contributed by atoms with Crippen LogP contribution < -0.4 is 4.74 Å². The van der Waals surface area contributed by atoms with Gasteiger partial charge in [-0.15, -0.1) is 6.42 Å². The van der Waals surface area contributed by atoms with E-state index in [1.165, 1.54) is 0 Å². The maximum atomic E-state index is 10.8. The van der Waals surface area contributed by atoms with E-state index in [1.54, 1.807) is 0 Å². The Morgan fingerprint density at radius 2 is 1.67 bits per heavy atom. The number of ether oxygens (including phenoxy) is 1. The second-order valence-corrected chi connectivity index (χ2v) is 4.95. The second-order valence-electron chi connectivity index (χ2n) is 4.95. The lowest BCUT2D eigenvalue weighted by molar-refractivity contribution is 0.145. The minimum absolute atomic E-state index is 0.666. The normalized spacial score (nSPS) is 13.2. The van der Waals surface area contributed by atoms with Gasteiger partial charge in [-0.05, 0) is 18.6 Å². The Morgan fingerprint density at radius 3 is 2.24 bits per heavy atom. The van der Waals surface area contributed by atoms with Crippen LogP contribution in [0.15, 0.2) is 54.6 Å². The summed E-state index contributed by atoms with van der Waals surface area (Å²) < 4.78 is 5.62. The minimum Gasteiger partial charge on any atom is -0.494 e. The highest BCUT2D eigenvalue weighted by atomic mass is 16.5. The Hall–Kier alpha value is -2.24. The molecule has 0 fully saturated rings. The lowest BCUT2D eigenvalue weighted by Crippen LogP contribution is -2.24. The van der Waals surface area contributed by atoms with Gasteiger partial charge in [0.05, 0.1) is 6.61 Å². The van der Waals surface area contributed by atoms with Crippen molar-refractivity contribution in [2.75, 3.05) is 6.61 Å². The SMILES string of the molecule is C#C[C@](O)(c1ccccc1)c1ccc(OCCCC)cc1. The van der Waals surface area contributed by atoms with Gasteiger partial charge in [0.25, 0.3) is 0 Å². The van der Waals surface area contributed by atoms with Gasteiger partial charge in [0.15, 0.2) is 5.60 Å². The van der Waals surface area contributed by atoms with E-state index in [9.17, 15) is 5.11 Å². The fraction of sp³-hybridized carbons (Fsp3) is 0.263. The van der Waals surface area contributed by atoms with Crippen LogP contribution in [0, 0.1) is 12.3 Å².